The summed E-state index contributed by atoms with van der Waals surface area (Å²) in [5, 5.41) is 14.4. The van der Waals surface area contributed by atoms with E-state index in [9.17, 15) is 32.3 Å². The molecular weight excluding hydrogens is 775 g/mol. The fraction of sp³-hybridized carbons (Fsp3) is 0.486. The van der Waals surface area contributed by atoms with Crippen LogP contribution in [0.4, 0.5) is 30.8 Å². The lowest BCUT2D eigenvalue weighted by molar-refractivity contribution is -0.154. The highest BCUT2D eigenvalue weighted by molar-refractivity contribution is 6.35. The normalized spacial score (nSPS) is 17.4. The van der Waals surface area contributed by atoms with E-state index in [4.69, 9.17) is 25.8 Å². The van der Waals surface area contributed by atoms with Crippen molar-refractivity contribution in [1.29, 1.82) is 0 Å². The van der Waals surface area contributed by atoms with E-state index in [0.717, 1.165) is 45.1 Å². The lowest BCUT2D eigenvalue weighted by Gasteiger charge is -2.30. The Morgan fingerprint density at radius 2 is 1.58 bits per heavy atom. The molecule has 0 spiro atoms. The molecule has 3 fully saturated rings. The van der Waals surface area contributed by atoms with Crippen LogP contribution >= 0.6 is 11.6 Å². The molecule has 3 aromatic rings. The second-order valence-electron chi connectivity index (χ2n) is 14.3. The maximum absolute atomic E-state index is 13.1. The lowest BCUT2D eigenvalue weighted by atomic mass is 10.1. The number of nitrogens with zero attached hydrogens (tertiary/aromatic N) is 4. The first kappa shape index (κ1) is 41.4. The van der Waals surface area contributed by atoms with Crippen LogP contribution in [0.3, 0.4) is 0 Å². The lowest BCUT2D eigenvalue weighted by Crippen LogP contribution is -2.47. The SMILES string of the molecule is COC(=O)[C@@H](CCNC(=O)C(=O)NCC1(CN2CCOCC2)CC1)NC(=O)c1ccc(Nc2nc(NC3(c4ccc(Cl)cc4)CC3)nc(OCC(F)(F)F)n2)cc1. The quantitative estimate of drug-likeness (QED) is 0.0984. The fourth-order valence-electron chi connectivity index (χ4n) is 6.30. The molecule has 1 aromatic heterocycles. The molecule has 306 valence electrons. The van der Waals surface area contributed by atoms with E-state index in [1.807, 2.05) is 12.1 Å². The summed E-state index contributed by atoms with van der Waals surface area (Å²) < 4.78 is 54.0. The molecule has 3 amide bonds. The fourth-order valence-corrected chi connectivity index (χ4v) is 6.43. The van der Waals surface area contributed by atoms with Crippen LogP contribution in [0.1, 0.15) is 48.0 Å². The molecular formula is C37H43ClF3N9O7. The average molecular weight is 818 g/mol. The summed E-state index contributed by atoms with van der Waals surface area (Å²) >= 11 is 6.04. The van der Waals surface area contributed by atoms with Crippen LogP contribution in [0.15, 0.2) is 48.5 Å². The third-order valence-electron chi connectivity index (χ3n) is 9.84. The average Bonchev–Trinajstić information content (AvgIpc) is 4.14. The highest BCUT2D eigenvalue weighted by Crippen LogP contribution is 2.48. The van der Waals surface area contributed by atoms with Crippen LogP contribution in [0.2, 0.25) is 5.02 Å². The van der Waals surface area contributed by atoms with Crippen LogP contribution in [0, 0.1) is 5.41 Å². The summed E-state index contributed by atoms with van der Waals surface area (Å²) in [5.74, 6) is -3.19. The van der Waals surface area contributed by atoms with Crippen molar-refractivity contribution in [3.05, 3.63) is 64.7 Å². The smallest absolute Gasteiger partial charge is 0.422 e. The van der Waals surface area contributed by atoms with Crippen molar-refractivity contribution in [2.24, 2.45) is 5.41 Å². The number of halogens is 4. The first-order valence-corrected chi connectivity index (χ1v) is 18.7. The monoisotopic (exact) mass is 817 g/mol. The molecule has 6 rings (SSSR count). The maximum atomic E-state index is 13.1. The predicted molar refractivity (Wildman–Crippen MR) is 200 cm³/mol. The Balaban J connectivity index is 1.02. The van der Waals surface area contributed by atoms with Crippen molar-refractivity contribution in [1.82, 2.24) is 35.8 Å². The number of carbonyl (C=O) groups is 4. The molecule has 2 aliphatic carbocycles. The van der Waals surface area contributed by atoms with E-state index in [0.29, 0.717) is 43.3 Å². The largest absolute Gasteiger partial charge is 0.467 e. The Bertz CT molecular complexity index is 1910. The van der Waals surface area contributed by atoms with Crippen LogP contribution in [0.25, 0.3) is 0 Å². The molecule has 0 radical (unpaired) electrons. The molecule has 2 saturated carbocycles. The molecule has 2 heterocycles. The summed E-state index contributed by atoms with van der Waals surface area (Å²) in [6.45, 7) is 2.50. The van der Waals surface area contributed by atoms with Gasteiger partial charge in [-0.05, 0) is 74.1 Å². The standard InChI is InChI=1S/C37H43ClF3N9O7/c1-55-31(54)27(10-15-42-29(52)30(53)43-20-35(11-12-35)21-50-16-18-56-19-17-50)45-28(51)23-2-8-26(9-3-23)44-32-46-33(48-34(47-32)57-22-37(39,40)41)49-36(13-14-36)24-4-6-25(38)7-5-24/h2-9,27H,10-22H2,1H3,(H,42,52)(H,43,53)(H,45,51)(H2,44,46,47,48,49)/t27-/m1/s1. The number of amides is 3. The van der Waals surface area contributed by atoms with E-state index < -0.39 is 54.1 Å². The third-order valence-corrected chi connectivity index (χ3v) is 10.1. The molecule has 1 aliphatic heterocycles. The number of methoxy groups -OCH3 is 1. The summed E-state index contributed by atoms with van der Waals surface area (Å²) in [5.41, 5.74) is 0.808. The van der Waals surface area contributed by atoms with Gasteiger partial charge in [0.05, 0.1) is 25.9 Å². The number of anilines is 3. The van der Waals surface area contributed by atoms with E-state index >= 15 is 0 Å². The number of benzene rings is 2. The molecule has 1 saturated heterocycles. The number of ether oxygens (including phenoxy) is 3. The van der Waals surface area contributed by atoms with Crippen molar-refractivity contribution in [2.75, 3.05) is 70.3 Å². The van der Waals surface area contributed by atoms with Crippen molar-refractivity contribution in [3.63, 3.8) is 0 Å². The zero-order chi connectivity index (χ0) is 40.6. The Hall–Kier alpha value is -5.27. The molecule has 20 heteroatoms. The topological polar surface area (TPSA) is 198 Å². The van der Waals surface area contributed by atoms with E-state index in [-0.39, 0.29) is 35.8 Å². The first-order valence-electron chi connectivity index (χ1n) is 18.4. The number of hydrogen-bond acceptors (Lipinski definition) is 13. The van der Waals surface area contributed by atoms with E-state index in [1.165, 1.54) is 24.3 Å². The Morgan fingerprint density at radius 3 is 2.21 bits per heavy atom. The summed E-state index contributed by atoms with van der Waals surface area (Å²) in [7, 11) is 1.16. The summed E-state index contributed by atoms with van der Waals surface area (Å²) in [6.07, 6.45) is -1.35. The Morgan fingerprint density at radius 1 is 0.912 bits per heavy atom. The Labute approximate surface area is 331 Å². The van der Waals surface area contributed by atoms with Gasteiger partial charge in [0.2, 0.25) is 11.9 Å². The number of aromatic nitrogens is 3. The van der Waals surface area contributed by atoms with Crippen molar-refractivity contribution >= 4 is 52.9 Å². The molecule has 2 aromatic carbocycles. The minimum Gasteiger partial charge on any atom is -0.467 e. The molecule has 16 nitrogen and oxygen atoms in total. The molecule has 57 heavy (non-hydrogen) atoms. The van der Waals surface area contributed by atoms with Crippen molar-refractivity contribution < 1.29 is 46.6 Å². The molecule has 3 aliphatic rings. The second kappa shape index (κ2) is 17.9. The number of morpholine rings is 1. The molecule has 5 N–H and O–H groups in total. The van der Waals surface area contributed by atoms with Crippen LogP contribution in [0.5, 0.6) is 6.01 Å². The second-order valence-corrected chi connectivity index (χ2v) is 14.7. The molecule has 1 atom stereocenters. The number of hydrogen-bond donors (Lipinski definition) is 5. The summed E-state index contributed by atoms with van der Waals surface area (Å²) in [4.78, 5) is 65.3. The minimum absolute atomic E-state index is 0.0232. The van der Waals surface area contributed by atoms with Gasteiger partial charge in [-0.2, -0.15) is 28.1 Å². The van der Waals surface area contributed by atoms with Gasteiger partial charge in [0.15, 0.2) is 6.61 Å². The third kappa shape index (κ3) is 11.9. The van der Waals surface area contributed by atoms with Gasteiger partial charge in [-0.1, -0.05) is 23.7 Å². The van der Waals surface area contributed by atoms with Gasteiger partial charge in [0, 0.05) is 54.4 Å². The minimum atomic E-state index is -4.63. The van der Waals surface area contributed by atoms with Crippen molar-refractivity contribution in [3.8, 4) is 6.01 Å². The van der Waals surface area contributed by atoms with Gasteiger partial charge in [-0.15, -0.1) is 0 Å². The van der Waals surface area contributed by atoms with Gasteiger partial charge >= 0.3 is 30.0 Å². The number of esters is 1. The highest BCUT2D eigenvalue weighted by Gasteiger charge is 2.46. The van der Waals surface area contributed by atoms with Gasteiger partial charge < -0.3 is 40.8 Å². The zero-order valence-corrected chi connectivity index (χ0v) is 31.8. The van der Waals surface area contributed by atoms with Crippen molar-refractivity contribution in [2.45, 2.75) is 49.9 Å². The van der Waals surface area contributed by atoms with Gasteiger partial charge in [0.25, 0.3) is 5.91 Å². The van der Waals surface area contributed by atoms with E-state index in [2.05, 4.69) is 46.4 Å². The van der Waals surface area contributed by atoms with E-state index in [1.54, 1.807) is 12.1 Å². The number of nitrogens with one attached hydrogen (secondary N) is 5. The van der Waals surface area contributed by atoms with Gasteiger partial charge in [-0.3, -0.25) is 19.3 Å². The number of carbonyl (C=O) groups excluding carboxylic acids is 4. The summed E-state index contributed by atoms with van der Waals surface area (Å²) in [6, 6.07) is 11.3. The highest BCUT2D eigenvalue weighted by atomic mass is 35.5. The number of rotatable bonds is 17. The Kier molecular flexibility index (Phi) is 13.0. The maximum Gasteiger partial charge on any atom is 0.422 e. The van der Waals surface area contributed by atoms with Gasteiger partial charge in [-0.25, -0.2) is 4.79 Å². The predicted octanol–water partition coefficient (Wildman–Crippen LogP) is 3.32. The van der Waals surface area contributed by atoms with Crippen LogP contribution < -0.4 is 31.3 Å². The number of alkyl halides is 3. The van der Waals surface area contributed by atoms with Gasteiger partial charge in [0.1, 0.15) is 6.04 Å². The van der Waals surface area contributed by atoms with Crippen LogP contribution in [-0.4, -0.2) is 115 Å². The zero-order valence-electron chi connectivity index (χ0n) is 31.0. The first-order chi connectivity index (χ1) is 27.2. The molecule has 0 bridgehead atoms. The van der Waals surface area contributed by atoms with Crippen LogP contribution in [-0.2, 0) is 29.4 Å². The molecule has 0 unspecified atom stereocenters.